The van der Waals surface area contributed by atoms with Crippen LogP contribution >= 0.6 is 0 Å². The molecular formula is C14H32N2O2. The van der Waals surface area contributed by atoms with Gasteiger partial charge in [0.1, 0.15) is 0 Å². The van der Waals surface area contributed by atoms with Crippen molar-refractivity contribution in [3.05, 3.63) is 0 Å². The van der Waals surface area contributed by atoms with E-state index in [1.165, 1.54) is 0 Å². The molecule has 1 atom stereocenters. The van der Waals surface area contributed by atoms with Crippen molar-refractivity contribution < 1.29 is 9.84 Å². The quantitative estimate of drug-likeness (QED) is 0.591. The molecule has 0 aliphatic heterocycles. The molecular weight excluding hydrogens is 228 g/mol. The number of nitrogens with one attached hydrogen (secondary N) is 1. The van der Waals surface area contributed by atoms with Crippen molar-refractivity contribution in [1.29, 1.82) is 0 Å². The number of hydrogen-bond acceptors (Lipinski definition) is 4. The second kappa shape index (κ2) is 9.73. The summed E-state index contributed by atoms with van der Waals surface area (Å²) in [4.78, 5) is 2.48. The van der Waals surface area contributed by atoms with Crippen molar-refractivity contribution in [3.8, 4) is 0 Å². The van der Waals surface area contributed by atoms with Gasteiger partial charge in [-0.05, 0) is 33.2 Å². The van der Waals surface area contributed by atoms with Crippen molar-refractivity contribution in [2.24, 2.45) is 0 Å². The molecule has 0 rings (SSSR count). The van der Waals surface area contributed by atoms with Gasteiger partial charge in [0, 0.05) is 31.8 Å². The lowest BCUT2D eigenvalue weighted by atomic mass is 9.98. The van der Waals surface area contributed by atoms with Crippen LogP contribution in [0.15, 0.2) is 0 Å². The molecule has 0 saturated heterocycles. The number of hydrogen-bond donors (Lipinski definition) is 2. The van der Waals surface area contributed by atoms with Gasteiger partial charge < -0.3 is 15.2 Å². The molecule has 0 amide bonds. The lowest BCUT2D eigenvalue weighted by Gasteiger charge is -2.34. The van der Waals surface area contributed by atoms with Crippen LogP contribution in [0.4, 0.5) is 0 Å². The first-order valence-corrected chi connectivity index (χ1v) is 7.09. The van der Waals surface area contributed by atoms with Crippen molar-refractivity contribution in [1.82, 2.24) is 10.2 Å². The number of rotatable bonds is 11. The highest BCUT2D eigenvalue weighted by Gasteiger charge is 2.23. The number of aliphatic hydroxyl groups excluding tert-OH is 1. The Morgan fingerprint density at radius 2 is 1.89 bits per heavy atom. The standard InChI is InChI=1S/C14H32N2O2/c1-6-13(7-2)16(10-11-18-5)9-8-14(3,12-17)15-4/h13,15,17H,6-12H2,1-5H3. The van der Waals surface area contributed by atoms with Crippen LogP contribution in [0.5, 0.6) is 0 Å². The van der Waals surface area contributed by atoms with E-state index in [0.717, 1.165) is 39.0 Å². The Kier molecular flexibility index (Phi) is 9.64. The zero-order valence-electron chi connectivity index (χ0n) is 12.8. The van der Waals surface area contributed by atoms with E-state index in [0.29, 0.717) is 6.04 Å². The van der Waals surface area contributed by atoms with E-state index < -0.39 is 0 Å². The maximum absolute atomic E-state index is 9.42. The molecule has 0 aromatic heterocycles. The van der Waals surface area contributed by atoms with Gasteiger partial charge in [0.05, 0.1) is 13.2 Å². The van der Waals surface area contributed by atoms with Crippen molar-refractivity contribution in [2.45, 2.75) is 51.6 Å². The molecule has 4 heteroatoms. The SMILES string of the molecule is CCC(CC)N(CCOC)CCC(C)(CO)NC. The molecule has 0 aliphatic carbocycles. The molecule has 0 spiro atoms. The molecule has 0 radical (unpaired) electrons. The lowest BCUT2D eigenvalue weighted by Crippen LogP contribution is -2.48. The van der Waals surface area contributed by atoms with Crippen LogP contribution in [0, 0.1) is 0 Å². The molecule has 0 heterocycles. The summed E-state index contributed by atoms with van der Waals surface area (Å²) >= 11 is 0. The minimum Gasteiger partial charge on any atom is -0.394 e. The molecule has 18 heavy (non-hydrogen) atoms. The van der Waals surface area contributed by atoms with Gasteiger partial charge >= 0.3 is 0 Å². The summed E-state index contributed by atoms with van der Waals surface area (Å²) < 4.78 is 5.19. The van der Waals surface area contributed by atoms with Crippen LogP contribution in [0.25, 0.3) is 0 Å². The summed E-state index contributed by atoms with van der Waals surface area (Å²) in [7, 11) is 3.66. The Balaban J connectivity index is 4.39. The van der Waals surface area contributed by atoms with E-state index >= 15 is 0 Å². The Labute approximate surface area is 113 Å². The topological polar surface area (TPSA) is 44.7 Å². The predicted molar refractivity (Wildman–Crippen MR) is 77.0 cm³/mol. The average Bonchev–Trinajstić information content (AvgIpc) is 2.41. The first-order valence-electron chi connectivity index (χ1n) is 7.09. The van der Waals surface area contributed by atoms with Crippen LogP contribution in [0.2, 0.25) is 0 Å². The third-order valence-electron chi connectivity index (χ3n) is 3.94. The molecule has 1 unspecified atom stereocenters. The van der Waals surface area contributed by atoms with Crippen LogP contribution < -0.4 is 5.32 Å². The maximum atomic E-state index is 9.42. The minimum atomic E-state index is -0.183. The lowest BCUT2D eigenvalue weighted by molar-refractivity contribution is 0.0956. The Bertz CT molecular complexity index is 192. The third-order valence-corrected chi connectivity index (χ3v) is 3.94. The second-order valence-electron chi connectivity index (χ2n) is 5.22. The summed E-state index contributed by atoms with van der Waals surface area (Å²) in [5.74, 6) is 0. The second-order valence-corrected chi connectivity index (χ2v) is 5.22. The Morgan fingerprint density at radius 1 is 1.28 bits per heavy atom. The highest BCUT2D eigenvalue weighted by molar-refractivity contribution is 4.83. The molecule has 0 saturated carbocycles. The van der Waals surface area contributed by atoms with Crippen molar-refractivity contribution in [2.75, 3.05) is 40.5 Å². The Hall–Kier alpha value is -0.160. The molecule has 2 N–H and O–H groups in total. The van der Waals surface area contributed by atoms with E-state index in [-0.39, 0.29) is 12.1 Å². The van der Waals surface area contributed by atoms with Crippen LogP contribution in [-0.2, 0) is 4.74 Å². The average molecular weight is 260 g/mol. The molecule has 0 bridgehead atoms. The molecule has 110 valence electrons. The molecule has 0 aromatic carbocycles. The fourth-order valence-corrected chi connectivity index (χ4v) is 2.16. The summed E-state index contributed by atoms with van der Waals surface area (Å²) in [6, 6.07) is 0.611. The highest BCUT2D eigenvalue weighted by Crippen LogP contribution is 2.14. The van der Waals surface area contributed by atoms with Gasteiger partial charge in [0.2, 0.25) is 0 Å². The fourth-order valence-electron chi connectivity index (χ4n) is 2.16. The van der Waals surface area contributed by atoms with Crippen LogP contribution in [0.3, 0.4) is 0 Å². The number of ether oxygens (including phenoxy) is 1. The summed E-state index contributed by atoms with van der Waals surface area (Å²) in [6.07, 6.45) is 3.27. The van der Waals surface area contributed by atoms with Gasteiger partial charge in [-0.3, -0.25) is 4.90 Å². The summed E-state index contributed by atoms with van der Waals surface area (Å²) in [5.41, 5.74) is -0.183. The Morgan fingerprint density at radius 3 is 2.28 bits per heavy atom. The molecule has 0 aromatic rings. The zero-order chi connectivity index (χ0) is 14.0. The molecule has 4 nitrogen and oxygen atoms in total. The van der Waals surface area contributed by atoms with Crippen molar-refractivity contribution >= 4 is 0 Å². The molecule has 0 aliphatic rings. The number of aliphatic hydroxyl groups is 1. The minimum absolute atomic E-state index is 0.171. The number of likely N-dealkylation sites (N-methyl/N-ethyl adjacent to an activating group) is 1. The zero-order valence-corrected chi connectivity index (χ0v) is 12.8. The monoisotopic (exact) mass is 260 g/mol. The summed E-state index contributed by atoms with van der Waals surface area (Å²) in [6.45, 7) is 9.43. The van der Waals surface area contributed by atoms with Gasteiger partial charge in [-0.1, -0.05) is 13.8 Å². The molecule has 0 fully saturated rings. The largest absolute Gasteiger partial charge is 0.394 e. The van der Waals surface area contributed by atoms with Crippen molar-refractivity contribution in [3.63, 3.8) is 0 Å². The third kappa shape index (κ3) is 6.14. The van der Waals surface area contributed by atoms with Gasteiger partial charge in [0.25, 0.3) is 0 Å². The van der Waals surface area contributed by atoms with E-state index in [1.54, 1.807) is 7.11 Å². The highest BCUT2D eigenvalue weighted by atomic mass is 16.5. The smallest absolute Gasteiger partial charge is 0.0610 e. The van der Waals surface area contributed by atoms with Gasteiger partial charge in [-0.15, -0.1) is 0 Å². The number of methoxy groups -OCH3 is 1. The van der Waals surface area contributed by atoms with Gasteiger partial charge in [-0.2, -0.15) is 0 Å². The maximum Gasteiger partial charge on any atom is 0.0610 e. The summed E-state index contributed by atoms with van der Waals surface area (Å²) in [5, 5.41) is 12.6. The normalized spacial score (nSPS) is 15.3. The first kappa shape index (κ1) is 17.8. The fraction of sp³-hybridized carbons (Fsp3) is 1.00. The predicted octanol–water partition coefficient (Wildman–Crippen LogP) is 1.48. The van der Waals surface area contributed by atoms with Crippen LogP contribution in [0.1, 0.15) is 40.0 Å². The van der Waals surface area contributed by atoms with Gasteiger partial charge in [0.15, 0.2) is 0 Å². The number of nitrogens with zero attached hydrogens (tertiary/aromatic N) is 1. The van der Waals surface area contributed by atoms with E-state index in [1.807, 2.05) is 7.05 Å². The van der Waals surface area contributed by atoms with E-state index in [2.05, 4.69) is 31.0 Å². The van der Waals surface area contributed by atoms with Crippen LogP contribution in [-0.4, -0.2) is 62.0 Å². The van der Waals surface area contributed by atoms with E-state index in [9.17, 15) is 5.11 Å². The van der Waals surface area contributed by atoms with Gasteiger partial charge in [-0.25, -0.2) is 0 Å². The van der Waals surface area contributed by atoms with E-state index in [4.69, 9.17) is 4.74 Å². The first-order chi connectivity index (χ1) is 8.56.